The molecule has 0 spiro atoms. The second kappa shape index (κ2) is 13.6. The number of amides is 2. The van der Waals surface area contributed by atoms with Gasteiger partial charge in [-0.05, 0) is 61.4 Å². The van der Waals surface area contributed by atoms with Crippen molar-refractivity contribution in [1.82, 2.24) is 35.6 Å². The molecule has 2 amide bonds. The summed E-state index contributed by atoms with van der Waals surface area (Å²) in [5, 5.41) is 25.6. The first-order valence-corrected chi connectivity index (χ1v) is 14.2. The molecular formula is C31H26F3N9O6. The van der Waals surface area contributed by atoms with Crippen molar-refractivity contribution in [1.29, 1.82) is 0 Å². The van der Waals surface area contributed by atoms with Gasteiger partial charge < -0.3 is 36.9 Å². The van der Waals surface area contributed by atoms with E-state index < -0.39 is 40.7 Å². The fourth-order valence-electron chi connectivity index (χ4n) is 4.52. The zero-order chi connectivity index (χ0) is 35.3. The van der Waals surface area contributed by atoms with Crippen LogP contribution in [0.5, 0.6) is 0 Å². The minimum absolute atomic E-state index is 0.0340. The predicted octanol–water partition coefficient (Wildman–Crippen LogP) is 3.75. The van der Waals surface area contributed by atoms with Crippen LogP contribution in [0.2, 0.25) is 0 Å². The lowest BCUT2D eigenvalue weighted by atomic mass is 10.1. The zero-order valence-corrected chi connectivity index (χ0v) is 25.1. The number of H-pyrrole nitrogens is 1. The van der Waals surface area contributed by atoms with Gasteiger partial charge in [0.2, 0.25) is 5.91 Å². The molecule has 1 fully saturated rings. The van der Waals surface area contributed by atoms with E-state index in [-0.39, 0.29) is 40.9 Å². The number of rotatable bonds is 9. The van der Waals surface area contributed by atoms with Crippen LogP contribution in [0, 0.1) is 0 Å². The second-order valence-corrected chi connectivity index (χ2v) is 10.7. The Labute approximate surface area is 273 Å². The minimum Gasteiger partial charge on any atom is -0.478 e. The van der Waals surface area contributed by atoms with Gasteiger partial charge in [-0.2, -0.15) is 13.2 Å². The third-order valence-corrected chi connectivity index (χ3v) is 7.21. The number of carbonyl (C=O) groups excluding carboxylic acids is 2. The molecule has 0 saturated heterocycles. The number of carboxylic acids is 2. The van der Waals surface area contributed by atoms with Gasteiger partial charge in [0.15, 0.2) is 5.95 Å². The van der Waals surface area contributed by atoms with Crippen LogP contribution in [0.1, 0.15) is 55.2 Å². The van der Waals surface area contributed by atoms with Crippen molar-refractivity contribution < 1.29 is 42.6 Å². The highest BCUT2D eigenvalue weighted by atomic mass is 19.4. The number of nitrogen functional groups attached to an aromatic ring is 1. The Bertz CT molecular complexity index is 2030. The molecule has 49 heavy (non-hydrogen) atoms. The number of nitrogens with two attached hydrogens (primary N) is 1. The molecule has 1 aliphatic carbocycles. The number of halogens is 3. The number of aromatic nitrogens is 5. The molecule has 0 atom stereocenters. The van der Waals surface area contributed by atoms with Crippen LogP contribution in [0.25, 0.3) is 11.0 Å². The number of benzene rings is 2. The summed E-state index contributed by atoms with van der Waals surface area (Å²) in [5.74, 6) is -2.99. The van der Waals surface area contributed by atoms with E-state index in [9.17, 15) is 32.3 Å². The van der Waals surface area contributed by atoms with Crippen LogP contribution in [-0.2, 0) is 17.5 Å². The topological polar surface area (TPSA) is 238 Å². The van der Waals surface area contributed by atoms with Crippen molar-refractivity contribution in [3.05, 3.63) is 101 Å². The molecule has 15 nitrogen and oxygen atoms in total. The van der Waals surface area contributed by atoms with Crippen LogP contribution < -0.4 is 21.7 Å². The normalized spacial score (nSPS) is 13.0. The minimum atomic E-state index is -4.77. The van der Waals surface area contributed by atoms with Gasteiger partial charge in [0.1, 0.15) is 11.9 Å². The zero-order valence-electron chi connectivity index (χ0n) is 25.1. The summed E-state index contributed by atoms with van der Waals surface area (Å²) in [6, 6.07) is 10.3. The number of fused-ring (bicyclic) bond motifs is 1. The number of aromatic carboxylic acids is 2. The molecule has 2 aromatic carbocycles. The first kappa shape index (κ1) is 33.8. The Hall–Kier alpha value is -6.59. The molecule has 6 rings (SSSR count). The van der Waals surface area contributed by atoms with Crippen LogP contribution in [0.4, 0.5) is 30.5 Å². The van der Waals surface area contributed by atoms with Gasteiger partial charge in [-0.3, -0.25) is 14.6 Å². The SMILES string of the molecule is Nc1nc2ccc(C(=O)O)cc2[nH]1.O=C(O)c1ccc(Nc2ccc(CNC(=O)C3(NC(=O)c4cncnc4)CC3)nc2)c(C(F)(F)F)c1. The smallest absolute Gasteiger partial charge is 0.418 e. The number of carboxylic acid groups (broad SMARTS) is 2. The van der Waals surface area contributed by atoms with Crippen molar-refractivity contribution >= 4 is 52.1 Å². The highest BCUT2D eigenvalue weighted by Crippen LogP contribution is 2.37. The molecular weight excluding hydrogens is 651 g/mol. The van der Waals surface area contributed by atoms with Gasteiger partial charge >= 0.3 is 18.1 Å². The van der Waals surface area contributed by atoms with E-state index in [1.54, 1.807) is 6.07 Å². The maximum absolute atomic E-state index is 13.4. The summed E-state index contributed by atoms with van der Waals surface area (Å²) in [6.45, 7) is 0.0340. The van der Waals surface area contributed by atoms with Crippen molar-refractivity contribution in [3.8, 4) is 0 Å². The largest absolute Gasteiger partial charge is 0.478 e. The molecule has 252 valence electrons. The number of hydrogen-bond acceptors (Lipinski definition) is 10. The number of pyridine rings is 1. The summed E-state index contributed by atoms with van der Waals surface area (Å²) < 4.78 is 40.2. The fraction of sp³-hybridized carbons (Fsp3) is 0.161. The molecule has 0 radical (unpaired) electrons. The number of alkyl halides is 3. The number of nitrogens with zero attached hydrogens (tertiary/aromatic N) is 4. The lowest BCUT2D eigenvalue weighted by Crippen LogP contribution is -2.48. The molecule has 18 heteroatoms. The number of hydrogen-bond donors (Lipinski definition) is 7. The summed E-state index contributed by atoms with van der Waals surface area (Å²) in [7, 11) is 0. The number of anilines is 3. The van der Waals surface area contributed by atoms with Gasteiger partial charge in [-0.15, -0.1) is 0 Å². The van der Waals surface area contributed by atoms with Crippen LogP contribution >= 0.6 is 0 Å². The Morgan fingerprint density at radius 1 is 0.898 bits per heavy atom. The molecule has 8 N–H and O–H groups in total. The van der Waals surface area contributed by atoms with Crippen LogP contribution in [0.3, 0.4) is 0 Å². The highest BCUT2D eigenvalue weighted by molar-refractivity contribution is 6.00. The molecule has 1 saturated carbocycles. The maximum Gasteiger partial charge on any atom is 0.418 e. The van der Waals surface area contributed by atoms with E-state index in [1.165, 1.54) is 49.2 Å². The number of aromatic amines is 1. The van der Waals surface area contributed by atoms with Crippen molar-refractivity contribution in [2.24, 2.45) is 0 Å². The number of imidazole rings is 1. The Morgan fingerprint density at radius 2 is 1.57 bits per heavy atom. The molecule has 5 aromatic rings. The molecule has 3 heterocycles. The average molecular weight is 678 g/mol. The first-order valence-electron chi connectivity index (χ1n) is 14.2. The first-order chi connectivity index (χ1) is 23.2. The third kappa shape index (κ3) is 8.23. The van der Waals surface area contributed by atoms with Gasteiger partial charge in [0.25, 0.3) is 5.91 Å². The van der Waals surface area contributed by atoms with E-state index in [4.69, 9.17) is 15.9 Å². The van der Waals surface area contributed by atoms with Gasteiger partial charge in [0, 0.05) is 12.4 Å². The Kier molecular flexibility index (Phi) is 9.40. The monoisotopic (exact) mass is 677 g/mol. The molecule has 3 aromatic heterocycles. The van der Waals surface area contributed by atoms with Crippen molar-refractivity contribution in [3.63, 3.8) is 0 Å². The standard InChI is InChI=1S/C23H19F3N6O4.C8H7N3O2/c24-23(25,26)17-7-13(20(34)35)1-4-18(17)31-16-3-2-15(29-11-16)10-30-21(36)22(5-6-22)32-19(33)14-8-27-12-28-9-14;9-8-10-5-2-1-4(7(12)13)3-6(5)11-8/h1-4,7-9,11-12,31H,5-6,10H2,(H,30,36)(H,32,33)(H,34,35);1-3H,(H,12,13)(H3,9,10,11). The van der Waals surface area contributed by atoms with E-state index in [0.29, 0.717) is 35.6 Å². The number of nitrogens with one attached hydrogen (secondary N) is 4. The molecule has 0 unspecified atom stereocenters. The van der Waals surface area contributed by atoms with Crippen molar-refractivity contribution in [2.45, 2.75) is 31.1 Å². The lowest BCUT2D eigenvalue weighted by Gasteiger charge is -2.17. The van der Waals surface area contributed by atoms with E-state index in [2.05, 4.69) is 40.9 Å². The predicted molar refractivity (Wildman–Crippen MR) is 167 cm³/mol. The lowest BCUT2D eigenvalue weighted by molar-refractivity contribution is -0.137. The third-order valence-electron chi connectivity index (χ3n) is 7.21. The quantitative estimate of drug-likeness (QED) is 0.118. The summed E-state index contributed by atoms with van der Waals surface area (Å²) in [4.78, 5) is 64.9. The fourth-order valence-corrected chi connectivity index (χ4v) is 4.52. The molecule has 0 aliphatic heterocycles. The Morgan fingerprint density at radius 3 is 2.18 bits per heavy atom. The van der Waals surface area contributed by atoms with E-state index in [1.807, 2.05) is 0 Å². The summed E-state index contributed by atoms with van der Waals surface area (Å²) >= 11 is 0. The molecule has 1 aliphatic rings. The van der Waals surface area contributed by atoms with E-state index in [0.717, 1.165) is 12.1 Å². The average Bonchev–Trinajstić information content (AvgIpc) is 3.75. The highest BCUT2D eigenvalue weighted by Gasteiger charge is 2.51. The van der Waals surface area contributed by atoms with Crippen molar-refractivity contribution in [2.75, 3.05) is 11.1 Å². The summed E-state index contributed by atoms with van der Waals surface area (Å²) in [6.07, 6.45) is 1.42. The second-order valence-electron chi connectivity index (χ2n) is 10.7. The van der Waals surface area contributed by atoms with Gasteiger partial charge in [-0.25, -0.2) is 24.5 Å². The van der Waals surface area contributed by atoms with Crippen LogP contribution in [-0.4, -0.2) is 64.4 Å². The van der Waals surface area contributed by atoms with E-state index >= 15 is 0 Å². The van der Waals surface area contributed by atoms with Gasteiger partial charge in [0.05, 0.1) is 63.1 Å². The number of carbonyl (C=O) groups is 4. The maximum atomic E-state index is 13.4. The molecule has 0 bridgehead atoms. The van der Waals surface area contributed by atoms with Crippen LogP contribution in [0.15, 0.2) is 73.4 Å². The summed E-state index contributed by atoms with van der Waals surface area (Å²) in [5.41, 5.74) is 4.86. The Balaban J connectivity index is 0.000000299. The van der Waals surface area contributed by atoms with Gasteiger partial charge in [-0.1, -0.05) is 0 Å².